The lowest BCUT2D eigenvalue weighted by Crippen LogP contribution is -2.06. The van der Waals surface area contributed by atoms with E-state index in [9.17, 15) is 0 Å². The molecule has 0 atom stereocenters. The first-order chi connectivity index (χ1) is 4.89. The second-order valence-corrected chi connectivity index (χ2v) is 2.58. The third-order valence-corrected chi connectivity index (χ3v) is 1.58. The first-order valence-corrected chi connectivity index (χ1v) is 3.76. The van der Waals surface area contributed by atoms with Crippen molar-refractivity contribution in [2.45, 2.75) is 12.8 Å². The zero-order chi connectivity index (χ0) is 7.23. The van der Waals surface area contributed by atoms with E-state index in [-0.39, 0.29) is 0 Å². The van der Waals surface area contributed by atoms with Crippen LogP contribution in [0.2, 0.25) is 0 Å². The van der Waals surface area contributed by atoms with Crippen LogP contribution in [0.3, 0.4) is 0 Å². The van der Waals surface area contributed by atoms with Crippen molar-refractivity contribution in [3.8, 4) is 0 Å². The minimum Gasteiger partial charge on any atom is -0.239 e. The number of rotatable bonds is 0. The second-order valence-electron chi connectivity index (χ2n) is 2.58. The van der Waals surface area contributed by atoms with Crippen molar-refractivity contribution in [1.82, 2.24) is 0 Å². The Balaban J connectivity index is 2.57. The van der Waals surface area contributed by atoms with Gasteiger partial charge in [-0.2, -0.15) is 0 Å². The average Bonchev–Trinajstić information content (AvgIpc) is 2.02. The summed E-state index contributed by atoms with van der Waals surface area (Å²) in [7, 11) is 2.11. The molecule has 0 amide bonds. The monoisotopic (exact) mass is 136 g/mol. The van der Waals surface area contributed by atoms with Gasteiger partial charge in [-0.05, 0) is 6.42 Å². The lowest BCUT2D eigenvalue weighted by molar-refractivity contribution is -0.492. The smallest absolute Gasteiger partial charge is 0.163 e. The van der Waals surface area contributed by atoms with E-state index >= 15 is 0 Å². The molecule has 0 aromatic carbocycles. The molecule has 0 N–H and O–H groups in total. The first kappa shape index (κ1) is 7.26. The van der Waals surface area contributed by atoms with Gasteiger partial charge in [-0.3, -0.25) is 0 Å². The van der Waals surface area contributed by atoms with E-state index in [0.29, 0.717) is 0 Å². The molecule has 0 saturated carbocycles. The quantitative estimate of drug-likeness (QED) is 0.445. The molecule has 1 heterocycles. The van der Waals surface area contributed by atoms with Gasteiger partial charge in [-0.1, -0.05) is 18.2 Å². The summed E-state index contributed by atoms with van der Waals surface area (Å²) in [5.41, 5.74) is 0. The second kappa shape index (κ2) is 4.04. The van der Waals surface area contributed by atoms with Crippen LogP contribution >= 0.6 is 0 Å². The Labute approximate surface area is 62.4 Å². The van der Waals surface area contributed by atoms with Crippen molar-refractivity contribution in [1.29, 1.82) is 0 Å². The lowest BCUT2D eigenvalue weighted by atomic mass is 10.3. The van der Waals surface area contributed by atoms with E-state index in [1.165, 1.54) is 12.8 Å². The standard InChI is InChI=1S/C9H14N/c1-10-8-6-4-2-3-5-7-9-10/h2-4,6,8H,5,7,9H2,1H3/q+1/b3-2+,6-4-,10-8?. The fourth-order valence-corrected chi connectivity index (χ4v) is 0.969. The maximum atomic E-state index is 2.21. The highest BCUT2D eigenvalue weighted by molar-refractivity contribution is 5.66. The van der Waals surface area contributed by atoms with Crippen molar-refractivity contribution in [3.63, 3.8) is 0 Å². The van der Waals surface area contributed by atoms with E-state index in [4.69, 9.17) is 0 Å². The fraction of sp³-hybridized carbons (Fsp3) is 0.444. The zero-order valence-electron chi connectivity index (χ0n) is 6.46. The van der Waals surface area contributed by atoms with Crippen LogP contribution < -0.4 is 0 Å². The van der Waals surface area contributed by atoms with Crippen molar-refractivity contribution in [3.05, 3.63) is 24.3 Å². The molecule has 0 fully saturated rings. The van der Waals surface area contributed by atoms with Crippen LogP contribution in [0.5, 0.6) is 0 Å². The number of nitrogens with zero attached hydrogens (tertiary/aromatic N) is 1. The molecule has 1 nitrogen and oxygen atoms in total. The molecular weight excluding hydrogens is 122 g/mol. The van der Waals surface area contributed by atoms with E-state index < -0.39 is 0 Å². The Morgan fingerprint density at radius 2 is 2.10 bits per heavy atom. The van der Waals surface area contributed by atoms with Gasteiger partial charge >= 0.3 is 0 Å². The summed E-state index contributed by atoms with van der Waals surface area (Å²) in [6, 6.07) is 0. The largest absolute Gasteiger partial charge is 0.239 e. The molecule has 54 valence electrons. The van der Waals surface area contributed by atoms with Gasteiger partial charge in [0.05, 0.1) is 0 Å². The number of hydrogen-bond donors (Lipinski definition) is 0. The van der Waals surface area contributed by atoms with Gasteiger partial charge in [0.15, 0.2) is 6.21 Å². The number of allylic oxidation sites excluding steroid dienone is 4. The molecule has 1 rings (SSSR count). The third kappa shape index (κ3) is 2.62. The minimum atomic E-state index is 1.16. The Kier molecular flexibility index (Phi) is 2.94. The van der Waals surface area contributed by atoms with Gasteiger partial charge in [0.1, 0.15) is 13.6 Å². The van der Waals surface area contributed by atoms with Crippen LogP contribution in [0.4, 0.5) is 0 Å². The van der Waals surface area contributed by atoms with Gasteiger partial charge in [-0.15, -0.1) is 0 Å². The van der Waals surface area contributed by atoms with E-state index in [2.05, 4.69) is 42.1 Å². The molecule has 0 bridgehead atoms. The molecule has 0 unspecified atom stereocenters. The molecule has 0 spiro atoms. The van der Waals surface area contributed by atoms with Gasteiger partial charge in [-0.25, -0.2) is 4.58 Å². The first-order valence-electron chi connectivity index (χ1n) is 3.76. The fourth-order valence-electron chi connectivity index (χ4n) is 0.969. The molecule has 0 aromatic rings. The van der Waals surface area contributed by atoms with Gasteiger partial charge in [0.25, 0.3) is 0 Å². The summed E-state index contributed by atoms with van der Waals surface area (Å²) in [4.78, 5) is 0. The van der Waals surface area contributed by atoms with Crippen molar-refractivity contribution in [2.24, 2.45) is 0 Å². The van der Waals surface area contributed by atoms with Crippen LogP contribution in [0.15, 0.2) is 24.3 Å². The van der Waals surface area contributed by atoms with Crippen molar-refractivity contribution >= 4 is 6.21 Å². The maximum absolute atomic E-state index is 2.21. The summed E-state index contributed by atoms with van der Waals surface area (Å²) >= 11 is 0. The van der Waals surface area contributed by atoms with Crippen molar-refractivity contribution < 1.29 is 4.58 Å². The van der Waals surface area contributed by atoms with Gasteiger partial charge < -0.3 is 0 Å². The van der Waals surface area contributed by atoms with Gasteiger partial charge in [0, 0.05) is 12.5 Å². The van der Waals surface area contributed by atoms with Crippen LogP contribution in [0.1, 0.15) is 12.8 Å². The van der Waals surface area contributed by atoms with E-state index in [1.54, 1.807) is 0 Å². The molecule has 1 aliphatic rings. The molecule has 0 saturated heterocycles. The summed E-state index contributed by atoms with van der Waals surface area (Å²) in [5, 5.41) is 0. The highest BCUT2D eigenvalue weighted by Gasteiger charge is 1.93. The predicted molar refractivity (Wildman–Crippen MR) is 44.6 cm³/mol. The Hall–Kier alpha value is -0.850. The number of hydrogen-bond acceptors (Lipinski definition) is 0. The molecule has 0 aliphatic carbocycles. The molecule has 0 radical (unpaired) electrons. The normalized spacial score (nSPS) is 25.5. The summed E-state index contributed by atoms with van der Waals surface area (Å²) in [5.74, 6) is 0. The maximum Gasteiger partial charge on any atom is 0.163 e. The van der Waals surface area contributed by atoms with Crippen LogP contribution in [0.25, 0.3) is 0 Å². The molecule has 10 heavy (non-hydrogen) atoms. The Morgan fingerprint density at radius 1 is 1.20 bits per heavy atom. The van der Waals surface area contributed by atoms with Crippen molar-refractivity contribution in [2.75, 3.05) is 13.6 Å². The third-order valence-electron chi connectivity index (χ3n) is 1.58. The van der Waals surface area contributed by atoms with Crippen LogP contribution in [-0.4, -0.2) is 24.4 Å². The van der Waals surface area contributed by atoms with E-state index in [1.807, 2.05) is 0 Å². The summed E-state index contributed by atoms with van der Waals surface area (Å²) in [6.07, 6.45) is 13.0. The zero-order valence-corrected chi connectivity index (χ0v) is 6.46. The molecule has 1 heteroatoms. The summed E-state index contributed by atoms with van der Waals surface area (Å²) in [6.45, 7) is 1.16. The highest BCUT2D eigenvalue weighted by atomic mass is 14.9. The van der Waals surface area contributed by atoms with Crippen LogP contribution in [0, 0.1) is 0 Å². The molecular formula is C9H14N+. The molecule has 1 aliphatic heterocycles. The molecule has 0 aromatic heterocycles. The average molecular weight is 136 g/mol. The van der Waals surface area contributed by atoms with Gasteiger partial charge in [0.2, 0.25) is 0 Å². The topological polar surface area (TPSA) is 3.01 Å². The Morgan fingerprint density at radius 3 is 3.00 bits per heavy atom. The highest BCUT2D eigenvalue weighted by Crippen LogP contribution is 1.93. The summed E-state index contributed by atoms with van der Waals surface area (Å²) < 4.78 is 2.21. The van der Waals surface area contributed by atoms with E-state index in [0.717, 1.165) is 6.54 Å². The van der Waals surface area contributed by atoms with Crippen LogP contribution in [-0.2, 0) is 0 Å². The SMILES string of the molecule is C[N+]1=C/C=C\C=C\CCC1. The lowest BCUT2D eigenvalue weighted by Gasteiger charge is -1.91. The predicted octanol–water partition coefficient (Wildman–Crippen LogP) is 1.61. The Bertz CT molecular complexity index is 175. The minimum absolute atomic E-state index is 1.16.